The first kappa shape index (κ1) is 12.5. The molecule has 1 aliphatic rings. The van der Waals surface area contributed by atoms with Gasteiger partial charge in [-0.25, -0.2) is 0 Å². The topological polar surface area (TPSA) is 24.5 Å². The summed E-state index contributed by atoms with van der Waals surface area (Å²) in [5, 5.41) is 3.30. The van der Waals surface area contributed by atoms with Gasteiger partial charge in [0.05, 0.1) is 13.2 Å². The van der Waals surface area contributed by atoms with Crippen LogP contribution >= 0.6 is 12.2 Å². The lowest BCUT2D eigenvalue weighted by Gasteiger charge is -2.26. The van der Waals surface area contributed by atoms with E-state index in [2.05, 4.69) is 10.2 Å². The number of hydrogen-bond donors (Lipinski definition) is 1. The number of hydrogen-bond acceptors (Lipinski definition) is 3. The lowest BCUT2D eigenvalue weighted by atomic mass is 10.2. The maximum atomic E-state index is 5.33. The van der Waals surface area contributed by atoms with Crippen molar-refractivity contribution in [1.82, 2.24) is 10.2 Å². The Balaban J connectivity index is 1.69. The monoisotopic (exact) mass is 250 g/mol. The highest BCUT2D eigenvalue weighted by molar-refractivity contribution is 7.80. The lowest BCUT2D eigenvalue weighted by Crippen LogP contribution is -2.41. The molecule has 0 atom stereocenters. The Bertz CT molecular complexity index is 350. The van der Waals surface area contributed by atoms with Crippen molar-refractivity contribution in [3.8, 4) is 0 Å². The molecule has 0 aliphatic carbocycles. The molecule has 4 heteroatoms. The summed E-state index contributed by atoms with van der Waals surface area (Å²) in [7, 11) is 0. The normalized spacial score (nSPS) is 16.7. The van der Waals surface area contributed by atoms with Crippen LogP contribution in [-0.4, -0.2) is 49.3 Å². The average Bonchev–Trinajstić information content (AvgIpc) is 2.41. The van der Waals surface area contributed by atoms with Gasteiger partial charge < -0.3 is 10.1 Å². The SMILES string of the molecule is S=C(NCCN1CCOCC1)c1ccccc1. The van der Waals surface area contributed by atoms with E-state index < -0.39 is 0 Å². The zero-order valence-corrected chi connectivity index (χ0v) is 10.7. The molecule has 0 aromatic heterocycles. The van der Waals surface area contributed by atoms with E-state index in [-0.39, 0.29) is 0 Å². The Hall–Kier alpha value is -0.970. The summed E-state index contributed by atoms with van der Waals surface area (Å²) in [5.74, 6) is 0. The van der Waals surface area contributed by atoms with E-state index in [0.29, 0.717) is 0 Å². The van der Waals surface area contributed by atoms with Crippen molar-refractivity contribution in [2.45, 2.75) is 0 Å². The first-order valence-corrected chi connectivity index (χ1v) is 6.40. The first-order valence-electron chi connectivity index (χ1n) is 5.99. The van der Waals surface area contributed by atoms with Crippen LogP contribution in [0.3, 0.4) is 0 Å². The maximum absolute atomic E-state index is 5.33. The smallest absolute Gasteiger partial charge is 0.106 e. The van der Waals surface area contributed by atoms with Crippen LogP contribution in [-0.2, 0) is 4.74 Å². The van der Waals surface area contributed by atoms with Crippen molar-refractivity contribution in [3.63, 3.8) is 0 Å². The van der Waals surface area contributed by atoms with Crippen molar-refractivity contribution in [3.05, 3.63) is 35.9 Å². The molecular formula is C13H18N2OS. The fraction of sp³-hybridized carbons (Fsp3) is 0.462. The maximum Gasteiger partial charge on any atom is 0.106 e. The molecule has 1 heterocycles. The van der Waals surface area contributed by atoms with E-state index in [4.69, 9.17) is 17.0 Å². The van der Waals surface area contributed by atoms with Crippen LogP contribution in [0.5, 0.6) is 0 Å². The van der Waals surface area contributed by atoms with Gasteiger partial charge in [0.1, 0.15) is 4.99 Å². The van der Waals surface area contributed by atoms with Crippen molar-refractivity contribution in [2.24, 2.45) is 0 Å². The lowest BCUT2D eigenvalue weighted by molar-refractivity contribution is 0.0389. The third kappa shape index (κ3) is 4.07. The molecule has 0 bridgehead atoms. The van der Waals surface area contributed by atoms with Crippen molar-refractivity contribution < 1.29 is 4.74 Å². The summed E-state index contributed by atoms with van der Waals surface area (Å²) in [6.07, 6.45) is 0. The molecule has 17 heavy (non-hydrogen) atoms. The summed E-state index contributed by atoms with van der Waals surface area (Å²) < 4.78 is 5.31. The minimum atomic E-state index is 0.832. The average molecular weight is 250 g/mol. The molecule has 0 unspecified atom stereocenters. The van der Waals surface area contributed by atoms with Crippen LogP contribution in [0.1, 0.15) is 5.56 Å². The van der Waals surface area contributed by atoms with Crippen LogP contribution in [0.15, 0.2) is 30.3 Å². The molecule has 0 radical (unpaired) electrons. The molecule has 1 aromatic rings. The van der Waals surface area contributed by atoms with Gasteiger partial charge in [-0.15, -0.1) is 0 Å². The van der Waals surface area contributed by atoms with Crippen LogP contribution in [0, 0.1) is 0 Å². The fourth-order valence-corrected chi connectivity index (χ4v) is 2.08. The molecule has 1 saturated heterocycles. The van der Waals surface area contributed by atoms with E-state index >= 15 is 0 Å². The summed E-state index contributed by atoms with van der Waals surface area (Å²) in [6, 6.07) is 10.1. The molecule has 1 N–H and O–H groups in total. The highest BCUT2D eigenvalue weighted by Crippen LogP contribution is 1.99. The van der Waals surface area contributed by atoms with Crippen LogP contribution in [0.2, 0.25) is 0 Å². The molecule has 2 rings (SSSR count). The number of thiocarbonyl (C=S) groups is 1. The molecule has 1 aliphatic heterocycles. The van der Waals surface area contributed by atoms with Crippen molar-refractivity contribution >= 4 is 17.2 Å². The van der Waals surface area contributed by atoms with Gasteiger partial charge in [0.2, 0.25) is 0 Å². The van der Waals surface area contributed by atoms with Crippen molar-refractivity contribution in [1.29, 1.82) is 0 Å². The Morgan fingerprint density at radius 1 is 1.24 bits per heavy atom. The first-order chi connectivity index (χ1) is 8.36. The third-order valence-corrected chi connectivity index (χ3v) is 3.23. The molecule has 92 valence electrons. The van der Waals surface area contributed by atoms with E-state index in [1.165, 1.54) is 0 Å². The van der Waals surface area contributed by atoms with Crippen LogP contribution in [0.4, 0.5) is 0 Å². The van der Waals surface area contributed by atoms with Crippen LogP contribution in [0.25, 0.3) is 0 Å². The third-order valence-electron chi connectivity index (χ3n) is 2.85. The molecule has 0 spiro atoms. The number of morpholine rings is 1. The highest BCUT2D eigenvalue weighted by Gasteiger charge is 2.09. The molecular weight excluding hydrogens is 232 g/mol. The number of rotatable bonds is 4. The summed E-state index contributed by atoms with van der Waals surface area (Å²) >= 11 is 5.33. The second-order valence-electron chi connectivity index (χ2n) is 4.08. The minimum Gasteiger partial charge on any atom is -0.379 e. The van der Waals surface area contributed by atoms with E-state index in [1.54, 1.807) is 0 Å². The zero-order chi connectivity index (χ0) is 11.9. The Labute approximate surface area is 108 Å². The Morgan fingerprint density at radius 2 is 1.94 bits per heavy atom. The summed E-state index contributed by atoms with van der Waals surface area (Å²) in [5.41, 5.74) is 1.09. The van der Waals surface area contributed by atoms with Gasteiger partial charge in [-0.05, 0) is 0 Å². The van der Waals surface area contributed by atoms with Gasteiger partial charge in [-0.3, -0.25) is 4.90 Å². The van der Waals surface area contributed by atoms with E-state index in [1.807, 2.05) is 30.3 Å². The number of benzene rings is 1. The predicted molar refractivity (Wildman–Crippen MR) is 73.4 cm³/mol. The van der Waals surface area contributed by atoms with Gasteiger partial charge in [-0.1, -0.05) is 42.5 Å². The Kier molecular flexibility index (Phi) is 4.91. The predicted octanol–water partition coefficient (Wildman–Crippen LogP) is 1.28. The van der Waals surface area contributed by atoms with Crippen LogP contribution < -0.4 is 5.32 Å². The van der Waals surface area contributed by atoms with Gasteiger partial charge in [0.15, 0.2) is 0 Å². The van der Waals surface area contributed by atoms with E-state index in [0.717, 1.165) is 49.9 Å². The van der Waals surface area contributed by atoms with Gasteiger partial charge in [-0.2, -0.15) is 0 Å². The second kappa shape index (κ2) is 6.69. The summed E-state index contributed by atoms with van der Waals surface area (Å²) in [4.78, 5) is 3.23. The van der Waals surface area contributed by atoms with Crippen molar-refractivity contribution in [2.75, 3.05) is 39.4 Å². The second-order valence-corrected chi connectivity index (χ2v) is 4.48. The minimum absolute atomic E-state index is 0.832. The number of ether oxygens (including phenoxy) is 1. The molecule has 0 amide bonds. The van der Waals surface area contributed by atoms with Gasteiger partial charge in [0.25, 0.3) is 0 Å². The number of nitrogens with one attached hydrogen (secondary N) is 1. The quantitative estimate of drug-likeness (QED) is 0.814. The number of nitrogens with zero attached hydrogens (tertiary/aromatic N) is 1. The fourth-order valence-electron chi connectivity index (χ4n) is 1.84. The van der Waals surface area contributed by atoms with Gasteiger partial charge in [0, 0.05) is 31.7 Å². The standard InChI is InChI=1S/C13H18N2OS/c17-13(12-4-2-1-3-5-12)14-6-7-15-8-10-16-11-9-15/h1-5H,6-11H2,(H,14,17). The zero-order valence-electron chi connectivity index (χ0n) is 9.89. The largest absolute Gasteiger partial charge is 0.379 e. The van der Waals surface area contributed by atoms with Gasteiger partial charge >= 0.3 is 0 Å². The highest BCUT2D eigenvalue weighted by atomic mass is 32.1. The summed E-state index contributed by atoms with van der Waals surface area (Å²) in [6.45, 7) is 5.68. The molecule has 1 fully saturated rings. The molecule has 1 aromatic carbocycles. The molecule has 0 saturated carbocycles. The van der Waals surface area contributed by atoms with E-state index in [9.17, 15) is 0 Å². The Morgan fingerprint density at radius 3 is 2.65 bits per heavy atom. The molecule has 3 nitrogen and oxygen atoms in total.